The van der Waals surface area contributed by atoms with Crippen LogP contribution in [0.2, 0.25) is 0 Å². The van der Waals surface area contributed by atoms with E-state index < -0.39 is 16.7 Å². The van der Waals surface area contributed by atoms with Gasteiger partial charge in [0.05, 0.1) is 10.5 Å². The Kier molecular flexibility index (Phi) is 3.99. The molecule has 0 aliphatic rings. The number of benzene rings is 2. The number of hydrogen-bond donors (Lipinski definition) is 0. The Bertz CT molecular complexity index is 951. The van der Waals surface area contributed by atoms with Crippen LogP contribution in [0, 0.1) is 10.1 Å². The lowest BCUT2D eigenvalue weighted by atomic mass is 9.96. The lowest BCUT2D eigenvalue weighted by Crippen LogP contribution is -2.06. The second-order valence-corrected chi connectivity index (χ2v) is 5.33. The number of hydrogen-bond acceptors (Lipinski definition) is 4. The van der Waals surface area contributed by atoms with Gasteiger partial charge < -0.3 is 4.57 Å². The highest BCUT2D eigenvalue weighted by atomic mass is 19.4. The maximum Gasteiger partial charge on any atom is 0.416 e. The molecule has 0 saturated carbocycles. The summed E-state index contributed by atoms with van der Waals surface area (Å²) in [6.07, 6.45) is -3.11. The van der Waals surface area contributed by atoms with Gasteiger partial charge >= 0.3 is 6.18 Å². The molecular weight excluding hydrogens is 337 g/mol. The van der Waals surface area contributed by atoms with Gasteiger partial charge in [-0.2, -0.15) is 13.2 Å². The Morgan fingerprint density at radius 1 is 1.12 bits per heavy atom. The van der Waals surface area contributed by atoms with Crippen LogP contribution in [0.15, 0.2) is 48.8 Å². The third-order valence-electron chi connectivity index (χ3n) is 3.67. The molecule has 0 unspecified atom stereocenters. The van der Waals surface area contributed by atoms with Crippen LogP contribution in [0.25, 0.3) is 22.5 Å². The molecule has 0 aliphatic heterocycles. The van der Waals surface area contributed by atoms with E-state index in [0.29, 0.717) is 17.0 Å². The first-order chi connectivity index (χ1) is 11.8. The van der Waals surface area contributed by atoms with Crippen LogP contribution >= 0.6 is 0 Å². The highest BCUT2D eigenvalue weighted by Crippen LogP contribution is 2.38. The predicted molar refractivity (Wildman–Crippen MR) is 83.5 cm³/mol. The summed E-state index contributed by atoms with van der Waals surface area (Å²) in [5.41, 5.74) is -0.180. The van der Waals surface area contributed by atoms with Gasteiger partial charge in [0, 0.05) is 24.7 Å². The standard InChI is InChI=1S/C16H11F3N4O2/c1-22-9-20-21-15(22)13-6-5-11(16(17,18)19)8-14(13)10-3-2-4-12(7-10)23(24)25/h2-9H,1H3. The molecule has 3 aromatic rings. The van der Waals surface area contributed by atoms with E-state index in [1.54, 1.807) is 11.6 Å². The van der Waals surface area contributed by atoms with E-state index in [4.69, 9.17) is 0 Å². The summed E-state index contributed by atoms with van der Waals surface area (Å²) in [5.74, 6) is 0.357. The van der Waals surface area contributed by atoms with E-state index in [0.717, 1.165) is 12.1 Å². The van der Waals surface area contributed by atoms with Crippen molar-refractivity contribution in [1.82, 2.24) is 14.8 Å². The van der Waals surface area contributed by atoms with E-state index >= 15 is 0 Å². The molecule has 1 aromatic heterocycles. The number of non-ortho nitro benzene ring substituents is 1. The number of nitro benzene ring substituents is 1. The minimum atomic E-state index is -4.53. The summed E-state index contributed by atoms with van der Waals surface area (Å²) in [7, 11) is 1.66. The van der Waals surface area contributed by atoms with Crippen LogP contribution in [-0.4, -0.2) is 19.7 Å². The van der Waals surface area contributed by atoms with Crippen LogP contribution in [0.5, 0.6) is 0 Å². The molecule has 6 nitrogen and oxygen atoms in total. The zero-order valence-corrected chi connectivity index (χ0v) is 12.9. The summed E-state index contributed by atoms with van der Waals surface area (Å²) in [6.45, 7) is 0. The molecule has 2 aromatic carbocycles. The highest BCUT2D eigenvalue weighted by Gasteiger charge is 2.31. The van der Waals surface area contributed by atoms with Crippen molar-refractivity contribution in [2.45, 2.75) is 6.18 Å². The van der Waals surface area contributed by atoms with Crippen LogP contribution in [0.1, 0.15) is 5.56 Å². The summed E-state index contributed by atoms with van der Waals surface area (Å²) in [5, 5.41) is 18.6. The lowest BCUT2D eigenvalue weighted by Gasteiger charge is -2.13. The molecule has 0 bridgehead atoms. The van der Waals surface area contributed by atoms with Crippen LogP contribution in [0.3, 0.4) is 0 Å². The smallest absolute Gasteiger partial charge is 0.317 e. The van der Waals surface area contributed by atoms with Gasteiger partial charge in [0.15, 0.2) is 5.82 Å². The molecule has 0 amide bonds. The normalized spacial score (nSPS) is 11.5. The third-order valence-corrected chi connectivity index (χ3v) is 3.67. The quantitative estimate of drug-likeness (QED) is 0.528. The van der Waals surface area contributed by atoms with Gasteiger partial charge in [0.1, 0.15) is 6.33 Å². The number of aromatic nitrogens is 3. The second-order valence-electron chi connectivity index (χ2n) is 5.33. The van der Waals surface area contributed by atoms with Crippen molar-refractivity contribution in [3.8, 4) is 22.5 Å². The Morgan fingerprint density at radius 2 is 1.88 bits per heavy atom. The number of rotatable bonds is 3. The SMILES string of the molecule is Cn1cnnc1-c1ccc(C(F)(F)F)cc1-c1cccc([N+](=O)[O-])c1. The topological polar surface area (TPSA) is 73.8 Å². The molecule has 3 rings (SSSR count). The van der Waals surface area contributed by atoms with E-state index in [9.17, 15) is 23.3 Å². The van der Waals surface area contributed by atoms with E-state index in [-0.39, 0.29) is 11.3 Å². The lowest BCUT2D eigenvalue weighted by molar-refractivity contribution is -0.384. The number of nitro groups is 1. The van der Waals surface area contributed by atoms with Gasteiger partial charge in [-0.1, -0.05) is 12.1 Å². The van der Waals surface area contributed by atoms with Crippen molar-refractivity contribution in [1.29, 1.82) is 0 Å². The molecular formula is C16H11F3N4O2. The first kappa shape index (κ1) is 16.6. The maximum atomic E-state index is 13.1. The third kappa shape index (κ3) is 3.21. The Morgan fingerprint density at radius 3 is 2.48 bits per heavy atom. The van der Waals surface area contributed by atoms with Gasteiger partial charge in [-0.15, -0.1) is 10.2 Å². The van der Waals surface area contributed by atoms with Gasteiger partial charge in [-0.05, 0) is 29.3 Å². The molecule has 128 valence electrons. The first-order valence-electron chi connectivity index (χ1n) is 7.08. The maximum absolute atomic E-state index is 13.1. The largest absolute Gasteiger partial charge is 0.416 e. The number of nitrogens with zero attached hydrogens (tertiary/aromatic N) is 4. The van der Waals surface area contributed by atoms with Crippen molar-refractivity contribution in [3.05, 3.63) is 64.5 Å². The van der Waals surface area contributed by atoms with E-state index in [1.165, 1.54) is 36.7 Å². The molecule has 1 heterocycles. The van der Waals surface area contributed by atoms with E-state index in [2.05, 4.69) is 10.2 Å². The Hall–Kier alpha value is -3.23. The Labute approximate surface area is 139 Å². The van der Waals surface area contributed by atoms with Gasteiger partial charge in [0.2, 0.25) is 0 Å². The highest BCUT2D eigenvalue weighted by molar-refractivity contribution is 5.82. The fourth-order valence-corrected chi connectivity index (χ4v) is 2.47. The number of halogens is 3. The molecule has 0 aliphatic carbocycles. The van der Waals surface area contributed by atoms with Gasteiger partial charge in [0.25, 0.3) is 5.69 Å². The average Bonchev–Trinajstić information content (AvgIpc) is 2.99. The van der Waals surface area contributed by atoms with E-state index in [1.807, 2.05) is 0 Å². The first-order valence-corrected chi connectivity index (χ1v) is 7.08. The van der Waals surface area contributed by atoms with Crippen molar-refractivity contribution >= 4 is 5.69 Å². The minimum absolute atomic E-state index is 0.189. The van der Waals surface area contributed by atoms with Crippen molar-refractivity contribution in [2.75, 3.05) is 0 Å². The van der Waals surface area contributed by atoms with Gasteiger partial charge in [-0.25, -0.2) is 0 Å². The molecule has 0 spiro atoms. The summed E-state index contributed by atoms with van der Waals surface area (Å²) in [4.78, 5) is 10.4. The van der Waals surface area contributed by atoms with Crippen LogP contribution < -0.4 is 0 Å². The number of aryl methyl sites for hydroxylation is 1. The minimum Gasteiger partial charge on any atom is -0.317 e. The van der Waals surface area contributed by atoms with Crippen molar-refractivity contribution < 1.29 is 18.1 Å². The van der Waals surface area contributed by atoms with Crippen molar-refractivity contribution in [2.24, 2.45) is 7.05 Å². The Balaban J connectivity index is 2.26. The van der Waals surface area contributed by atoms with Crippen LogP contribution in [-0.2, 0) is 13.2 Å². The zero-order chi connectivity index (χ0) is 18.2. The molecule has 9 heteroatoms. The molecule has 0 fully saturated rings. The average molecular weight is 348 g/mol. The number of alkyl halides is 3. The predicted octanol–water partition coefficient (Wildman–Crippen LogP) is 4.08. The summed E-state index contributed by atoms with van der Waals surface area (Å²) < 4.78 is 40.9. The summed E-state index contributed by atoms with van der Waals surface area (Å²) in [6, 6.07) is 8.65. The molecule has 0 radical (unpaired) electrons. The molecule has 25 heavy (non-hydrogen) atoms. The molecule has 0 saturated heterocycles. The van der Waals surface area contributed by atoms with Crippen LogP contribution in [0.4, 0.5) is 18.9 Å². The van der Waals surface area contributed by atoms with Gasteiger partial charge in [-0.3, -0.25) is 10.1 Å². The summed E-state index contributed by atoms with van der Waals surface area (Å²) >= 11 is 0. The second kappa shape index (κ2) is 6.00. The zero-order valence-electron chi connectivity index (χ0n) is 12.9. The fourth-order valence-electron chi connectivity index (χ4n) is 2.47. The molecule has 0 N–H and O–H groups in total. The molecule has 0 atom stereocenters. The van der Waals surface area contributed by atoms with Crippen molar-refractivity contribution in [3.63, 3.8) is 0 Å². The fraction of sp³-hybridized carbons (Fsp3) is 0.125. The monoisotopic (exact) mass is 348 g/mol.